The van der Waals surface area contributed by atoms with Crippen molar-refractivity contribution < 1.29 is 0 Å². The summed E-state index contributed by atoms with van der Waals surface area (Å²) in [6, 6.07) is 65.9. The van der Waals surface area contributed by atoms with Gasteiger partial charge in [0.2, 0.25) is 0 Å². The van der Waals surface area contributed by atoms with E-state index in [0.29, 0.717) is 6.67 Å². The third-order valence-electron chi connectivity index (χ3n) is 13.0. The molecule has 2 aromatic heterocycles. The zero-order chi connectivity index (χ0) is 45.9. The van der Waals surface area contributed by atoms with E-state index in [0.717, 1.165) is 79.5 Å². The van der Waals surface area contributed by atoms with Crippen LogP contribution in [0.2, 0.25) is 0 Å². The molecule has 9 aromatic rings. The van der Waals surface area contributed by atoms with E-state index in [1.807, 2.05) is 12.3 Å². The van der Waals surface area contributed by atoms with Crippen LogP contribution in [-0.2, 0) is 10.8 Å². The van der Waals surface area contributed by atoms with Crippen LogP contribution >= 0.6 is 0 Å². The largest absolute Gasteiger partial charge is 0.310 e. The highest BCUT2D eigenvalue weighted by Gasteiger charge is 2.34. The first kappa shape index (κ1) is 41.7. The molecule has 0 amide bonds. The van der Waals surface area contributed by atoms with Gasteiger partial charge < -0.3 is 14.7 Å². The molecular formula is C60H53N7. The highest BCUT2D eigenvalue weighted by atomic mass is 15.4. The van der Waals surface area contributed by atoms with Crippen molar-refractivity contribution in [1.82, 2.24) is 15.0 Å². The van der Waals surface area contributed by atoms with E-state index in [1.54, 1.807) is 12.4 Å². The Kier molecular flexibility index (Phi) is 10.2. The van der Waals surface area contributed by atoms with Crippen molar-refractivity contribution in [2.45, 2.75) is 52.4 Å². The molecule has 0 unspecified atom stereocenters. The molecule has 0 radical (unpaired) electrons. The Bertz CT molecular complexity index is 3260. The zero-order valence-electron chi connectivity index (χ0n) is 38.9. The lowest BCUT2D eigenvalue weighted by Crippen LogP contribution is -2.25. The van der Waals surface area contributed by atoms with Crippen LogP contribution in [-0.4, -0.2) is 21.6 Å². The lowest BCUT2D eigenvalue weighted by Gasteiger charge is -2.32. The highest BCUT2D eigenvalue weighted by molar-refractivity contribution is 6.04. The van der Waals surface area contributed by atoms with Crippen molar-refractivity contribution in [2.24, 2.45) is 0 Å². The minimum atomic E-state index is -0.174. The standard InChI is InChI=1S/C60H53N7/c1-59(2,3)43-20-17-23-46(35-43)64-40-65(58-57(64)62-32-33-63-58)48-36-44(60(4,5)6)37-49(38-48)66(45-21-11-8-12-22-45)47-28-30-53-51-25-14-13-24-50(51)52-29-27-42(41-18-9-7-10-19-41)34-54(52)67(55(53)39-47)56-26-15-16-31-61-56/h7-39H,40H2,1-6H3. The first-order chi connectivity index (χ1) is 32.5. The number of anilines is 10. The molecular weight excluding hydrogens is 819 g/mol. The Labute approximate surface area is 394 Å². The SMILES string of the molecule is CC(C)(C)c1cccc(N2CN(c3cc(N(c4ccccc4)c4ccc5c(c4)N(c4ccccn4)c4cc(-c6ccccc6)ccc4-c4ccccc4-5)cc(C(C)(C)C)c3)c3nccnc32)c1. The third kappa shape index (κ3) is 7.66. The van der Waals surface area contributed by atoms with Gasteiger partial charge in [-0.15, -0.1) is 0 Å². The number of fused-ring (bicyclic) bond motifs is 6. The second-order valence-electron chi connectivity index (χ2n) is 19.5. The summed E-state index contributed by atoms with van der Waals surface area (Å²) in [5.41, 5.74) is 16.6. The van der Waals surface area contributed by atoms with E-state index in [4.69, 9.17) is 15.0 Å². The van der Waals surface area contributed by atoms with Gasteiger partial charge in [-0.3, -0.25) is 4.90 Å². The van der Waals surface area contributed by atoms with Gasteiger partial charge in [0.15, 0.2) is 11.6 Å². The van der Waals surface area contributed by atoms with Gasteiger partial charge >= 0.3 is 0 Å². The summed E-state index contributed by atoms with van der Waals surface area (Å²) in [6.45, 7) is 14.2. The molecule has 11 rings (SSSR count). The number of pyridine rings is 1. The van der Waals surface area contributed by atoms with Crippen LogP contribution in [0.5, 0.6) is 0 Å². The fraction of sp³-hybridized carbons (Fsp3) is 0.150. The van der Waals surface area contributed by atoms with Gasteiger partial charge in [-0.05, 0) is 117 Å². The minimum absolute atomic E-state index is 0.000216. The summed E-state index contributed by atoms with van der Waals surface area (Å²) in [4.78, 5) is 24.3. The quantitative estimate of drug-likeness (QED) is 0.158. The summed E-state index contributed by atoms with van der Waals surface area (Å²) in [5.74, 6) is 2.51. The summed E-state index contributed by atoms with van der Waals surface area (Å²) >= 11 is 0. The molecule has 0 bridgehead atoms. The number of para-hydroxylation sites is 1. The Morgan fingerprint density at radius 1 is 0.403 bits per heavy atom. The Morgan fingerprint density at radius 2 is 1.01 bits per heavy atom. The maximum Gasteiger partial charge on any atom is 0.178 e. The zero-order valence-corrected chi connectivity index (χ0v) is 38.9. The van der Waals surface area contributed by atoms with Gasteiger partial charge in [0.05, 0.1) is 11.4 Å². The molecule has 7 heteroatoms. The van der Waals surface area contributed by atoms with Crippen LogP contribution in [0, 0.1) is 0 Å². The Balaban J connectivity index is 1.11. The second-order valence-corrected chi connectivity index (χ2v) is 19.5. The average Bonchev–Trinajstić information content (AvgIpc) is 3.69. The van der Waals surface area contributed by atoms with Crippen molar-refractivity contribution in [3.8, 4) is 33.4 Å². The van der Waals surface area contributed by atoms with E-state index < -0.39 is 0 Å². The fourth-order valence-electron chi connectivity index (χ4n) is 9.51. The Hall–Kier alpha value is -8.03. The molecule has 67 heavy (non-hydrogen) atoms. The molecule has 0 N–H and O–H groups in total. The predicted molar refractivity (Wildman–Crippen MR) is 278 cm³/mol. The minimum Gasteiger partial charge on any atom is -0.310 e. The summed E-state index contributed by atoms with van der Waals surface area (Å²) in [5, 5.41) is 0. The van der Waals surface area contributed by atoms with E-state index in [2.05, 4.69) is 237 Å². The van der Waals surface area contributed by atoms with Crippen LogP contribution in [0.1, 0.15) is 52.7 Å². The number of hydrogen-bond donors (Lipinski definition) is 0. The molecule has 0 fully saturated rings. The van der Waals surface area contributed by atoms with Crippen molar-refractivity contribution in [2.75, 3.05) is 26.3 Å². The first-order valence-corrected chi connectivity index (χ1v) is 23.1. The molecule has 7 aromatic carbocycles. The first-order valence-electron chi connectivity index (χ1n) is 23.1. The smallest absolute Gasteiger partial charge is 0.178 e. The number of benzene rings is 7. The number of aromatic nitrogens is 3. The maximum absolute atomic E-state index is 5.05. The van der Waals surface area contributed by atoms with E-state index >= 15 is 0 Å². The maximum atomic E-state index is 5.05. The molecule has 4 heterocycles. The molecule has 0 spiro atoms. The number of nitrogens with zero attached hydrogens (tertiary/aromatic N) is 7. The van der Waals surface area contributed by atoms with Crippen molar-refractivity contribution >= 4 is 57.3 Å². The lowest BCUT2D eigenvalue weighted by molar-refractivity contribution is 0.590. The van der Waals surface area contributed by atoms with Crippen molar-refractivity contribution in [3.05, 3.63) is 212 Å². The summed E-state index contributed by atoms with van der Waals surface area (Å²) in [7, 11) is 0. The molecule has 7 nitrogen and oxygen atoms in total. The molecule has 0 saturated heterocycles. The molecule has 2 aliphatic rings. The summed E-state index contributed by atoms with van der Waals surface area (Å²) in [6.07, 6.45) is 5.48. The van der Waals surface area contributed by atoms with E-state index in [-0.39, 0.29) is 10.8 Å². The van der Waals surface area contributed by atoms with Crippen LogP contribution < -0.4 is 19.6 Å². The van der Waals surface area contributed by atoms with Gasteiger partial charge in [-0.25, -0.2) is 15.0 Å². The van der Waals surface area contributed by atoms with Crippen LogP contribution in [0.15, 0.2) is 201 Å². The van der Waals surface area contributed by atoms with E-state index in [9.17, 15) is 0 Å². The highest BCUT2D eigenvalue weighted by Crippen LogP contribution is 2.53. The van der Waals surface area contributed by atoms with Gasteiger partial charge in [0, 0.05) is 58.2 Å². The topological polar surface area (TPSA) is 51.6 Å². The molecule has 2 aliphatic heterocycles. The van der Waals surface area contributed by atoms with Crippen LogP contribution in [0.3, 0.4) is 0 Å². The third-order valence-corrected chi connectivity index (χ3v) is 13.0. The van der Waals surface area contributed by atoms with E-state index in [1.165, 1.54) is 22.3 Å². The lowest BCUT2D eigenvalue weighted by atomic mass is 9.86. The normalized spacial score (nSPS) is 13.1. The predicted octanol–water partition coefficient (Wildman–Crippen LogP) is 16.0. The van der Waals surface area contributed by atoms with Crippen molar-refractivity contribution in [3.63, 3.8) is 0 Å². The van der Waals surface area contributed by atoms with Gasteiger partial charge in [-0.1, -0.05) is 151 Å². The van der Waals surface area contributed by atoms with Crippen LogP contribution in [0.25, 0.3) is 33.4 Å². The second kappa shape index (κ2) is 16.4. The monoisotopic (exact) mass is 871 g/mol. The summed E-state index contributed by atoms with van der Waals surface area (Å²) < 4.78 is 0. The number of rotatable bonds is 7. The fourth-order valence-corrected chi connectivity index (χ4v) is 9.51. The van der Waals surface area contributed by atoms with Crippen LogP contribution in [0.4, 0.5) is 57.3 Å². The average molecular weight is 872 g/mol. The molecule has 0 atom stereocenters. The van der Waals surface area contributed by atoms with Gasteiger partial charge in [0.1, 0.15) is 12.5 Å². The van der Waals surface area contributed by atoms with Crippen molar-refractivity contribution in [1.29, 1.82) is 0 Å². The number of hydrogen-bond acceptors (Lipinski definition) is 7. The van der Waals surface area contributed by atoms with Gasteiger partial charge in [-0.2, -0.15) is 0 Å². The molecule has 328 valence electrons. The molecule has 0 aliphatic carbocycles. The Morgan fingerprint density at radius 3 is 1.69 bits per heavy atom. The van der Waals surface area contributed by atoms with Gasteiger partial charge in [0.25, 0.3) is 0 Å². The molecule has 0 saturated carbocycles.